The number of halogens is 1. The second kappa shape index (κ2) is 5.85. The Labute approximate surface area is 133 Å². The SMILES string of the molecule is CC(C)c1ccc(N2CC(C[S+]=O)C2)c2cnc(Cl)cc12. The number of aromatic nitrogens is 1. The molecule has 0 unspecified atom stereocenters. The van der Waals surface area contributed by atoms with Crippen molar-refractivity contribution in [2.45, 2.75) is 19.8 Å². The van der Waals surface area contributed by atoms with Crippen LogP contribution in [-0.2, 0) is 15.9 Å². The van der Waals surface area contributed by atoms with Crippen LogP contribution in [-0.4, -0.2) is 23.8 Å². The lowest BCUT2D eigenvalue weighted by molar-refractivity contribution is 0.451. The Morgan fingerprint density at radius 2 is 2.14 bits per heavy atom. The number of anilines is 1. The minimum absolute atomic E-state index is 0.445. The van der Waals surface area contributed by atoms with Gasteiger partial charge in [-0.05, 0) is 29.0 Å². The van der Waals surface area contributed by atoms with Crippen LogP contribution >= 0.6 is 11.6 Å². The molecule has 1 fully saturated rings. The topological polar surface area (TPSA) is 33.2 Å². The van der Waals surface area contributed by atoms with Crippen LogP contribution in [0.2, 0.25) is 5.15 Å². The smallest absolute Gasteiger partial charge is 0.370 e. The van der Waals surface area contributed by atoms with Gasteiger partial charge in [-0.25, -0.2) is 4.98 Å². The molecule has 1 aromatic heterocycles. The predicted octanol–water partition coefficient (Wildman–Crippen LogP) is 3.88. The van der Waals surface area contributed by atoms with Gasteiger partial charge in [0, 0.05) is 34.6 Å². The van der Waals surface area contributed by atoms with Gasteiger partial charge in [0.15, 0.2) is 0 Å². The highest BCUT2D eigenvalue weighted by Gasteiger charge is 2.32. The van der Waals surface area contributed by atoms with Crippen LogP contribution in [0.5, 0.6) is 0 Å². The van der Waals surface area contributed by atoms with E-state index in [4.69, 9.17) is 11.6 Å². The quantitative estimate of drug-likeness (QED) is 0.633. The average molecular weight is 322 g/mol. The van der Waals surface area contributed by atoms with E-state index in [9.17, 15) is 4.21 Å². The van der Waals surface area contributed by atoms with Crippen LogP contribution in [0.4, 0.5) is 5.69 Å². The zero-order valence-corrected chi connectivity index (χ0v) is 13.7. The molecule has 5 heteroatoms. The van der Waals surface area contributed by atoms with E-state index in [1.807, 2.05) is 12.3 Å². The van der Waals surface area contributed by atoms with Gasteiger partial charge in [0.1, 0.15) is 5.15 Å². The Hall–Kier alpha value is -1.26. The van der Waals surface area contributed by atoms with Gasteiger partial charge in [0.25, 0.3) is 0 Å². The molecule has 1 aliphatic heterocycles. The van der Waals surface area contributed by atoms with Crippen molar-refractivity contribution in [2.24, 2.45) is 5.92 Å². The summed E-state index contributed by atoms with van der Waals surface area (Å²) in [6.45, 7) is 6.28. The van der Waals surface area contributed by atoms with Crippen LogP contribution in [0.3, 0.4) is 0 Å². The number of benzene rings is 1. The Balaban J connectivity index is 2.01. The molecule has 1 aromatic carbocycles. The van der Waals surface area contributed by atoms with E-state index in [0.29, 0.717) is 34.4 Å². The standard InChI is InChI=1S/C16H18ClN2OS/c1-10(2)12-3-4-15(19-7-11(8-19)9-21-20)14-6-18-16(17)5-13(12)14/h3-6,10-11H,7-9H2,1-2H3/q+1. The summed E-state index contributed by atoms with van der Waals surface area (Å²) < 4.78 is 10.6. The maximum atomic E-state index is 10.6. The fourth-order valence-corrected chi connectivity index (χ4v) is 3.53. The normalized spacial score (nSPS) is 15.5. The number of hydrogen-bond acceptors (Lipinski definition) is 3. The zero-order chi connectivity index (χ0) is 15.0. The molecule has 110 valence electrons. The number of rotatable bonds is 4. The molecule has 3 rings (SSSR count). The fraction of sp³-hybridized carbons (Fsp3) is 0.438. The molecule has 1 saturated heterocycles. The van der Waals surface area contributed by atoms with Gasteiger partial charge in [-0.15, -0.1) is 0 Å². The Morgan fingerprint density at radius 1 is 1.38 bits per heavy atom. The van der Waals surface area contributed by atoms with Crippen LogP contribution in [0, 0.1) is 5.92 Å². The minimum atomic E-state index is 0.445. The molecule has 3 nitrogen and oxygen atoms in total. The van der Waals surface area contributed by atoms with Crippen molar-refractivity contribution in [3.63, 3.8) is 0 Å². The van der Waals surface area contributed by atoms with Crippen molar-refractivity contribution < 1.29 is 4.21 Å². The zero-order valence-electron chi connectivity index (χ0n) is 12.2. The molecule has 0 spiro atoms. The third kappa shape index (κ3) is 2.74. The van der Waals surface area contributed by atoms with E-state index in [2.05, 4.69) is 35.9 Å². The molecule has 0 bridgehead atoms. The molecule has 0 amide bonds. The van der Waals surface area contributed by atoms with Crippen LogP contribution in [0.15, 0.2) is 24.4 Å². The van der Waals surface area contributed by atoms with Crippen molar-refractivity contribution in [1.82, 2.24) is 4.98 Å². The van der Waals surface area contributed by atoms with Gasteiger partial charge >= 0.3 is 11.7 Å². The molecule has 0 radical (unpaired) electrons. The third-order valence-corrected chi connectivity index (χ3v) is 4.92. The molecule has 0 aliphatic carbocycles. The first-order chi connectivity index (χ1) is 10.1. The van der Waals surface area contributed by atoms with E-state index in [-0.39, 0.29) is 0 Å². The van der Waals surface area contributed by atoms with E-state index >= 15 is 0 Å². The highest BCUT2D eigenvalue weighted by atomic mass is 35.5. The van der Waals surface area contributed by atoms with E-state index < -0.39 is 0 Å². The molecular weight excluding hydrogens is 304 g/mol. The van der Waals surface area contributed by atoms with Crippen molar-refractivity contribution in [3.8, 4) is 0 Å². The lowest BCUT2D eigenvalue weighted by Gasteiger charge is -2.39. The van der Waals surface area contributed by atoms with Gasteiger partial charge < -0.3 is 4.90 Å². The minimum Gasteiger partial charge on any atom is -0.370 e. The highest BCUT2D eigenvalue weighted by Crippen LogP contribution is 2.36. The first-order valence-corrected chi connectivity index (χ1v) is 8.47. The molecule has 21 heavy (non-hydrogen) atoms. The molecule has 0 atom stereocenters. The Bertz CT molecular complexity index is 683. The molecule has 2 aromatic rings. The number of hydrogen-bond donors (Lipinski definition) is 0. The Kier molecular flexibility index (Phi) is 4.09. The highest BCUT2D eigenvalue weighted by molar-refractivity contribution is 7.65. The number of nitrogens with zero attached hydrogens (tertiary/aromatic N) is 2. The summed E-state index contributed by atoms with van der Waals surface area (Å²) in [4.78, 5) is 6.57. The lowest BCUT2D eigenvalue weighted by atomic mass is 9.94. The Morgan fingerprint density at radius 3 is 2.81 bits per heavy atom. The maximum Gasteiger partial charge on any atom is 0.459 e. The summed E-state index contributed by atoms with van der Waals surface area (Å²) in [5.41, 5.74) is 2.50. The average Bonchev–Trinajstić information content (AvgIpc) is 2.41. The predicted molar refractivity (Wildman–Crippen MR) is 89.5 cm³/mol. The van der Waals surface area contributed by atoms with Gasteiger partial charge in [-0.2, -0.15) is 0 Å². The monoisotopic (exact) mass is 321 g/mol. The van der Waals surface area contributed by atoms with E-state index in [0.717, 1.165) is 18.5 Å². The molecular formula is C16H18ClN2OS+. The number of fused-ring (bicyclic) bond motifs is 1. The largest absolute Gasteiger partial charge is 0.459 e. The summed E-state index contributed by atoms with van der Waals surface area (Å²) in [5, 5.41) is 2.87. The second-order valence-corrected chi connectivity index (χ2v) is 6.89. The summed E-state index contributed by atoms with van der Waals surface area (Å²) >= 11 is 6.77. The van der Waals surface area contributed by atoms with Gasteiger partial charge in [-0.1, -0.05) is 31.5 Å². The van der Waals surface area contributed by atoms with Crippen LogP contribution < -0.4 is 4.90 Å². The van der Waals surface area contributed by atoms with Crippen molar-refractivity contribution in [2.75, 3.05) is 23.7 Å². The third-order valence-electron chi connectivity index (χ3n) is 4.10. The first kappa shape index (κ1) is 14.7. The van der Waals surface area contributed by atoms with Gasteiger partial charge in [0.2, 0.25) is 5.75 Å². The molecule has 0 saturated carbocycles. The maximum absolute atomic E-state index is 10.6. The van der Waals surface area contributed by atoms with Crippen molar-refractivity contribution in [3.05, 3.63) is 35.1 Å². The van der Waals surface area contributed by atoms with Crippen LogP contribution in [0.1, 0.15) is 25.3 Å². The fourth-order valence-electron chi connectivity index (χ4n) is 2.97. The van der Waals surface area contributed by atoms with Crippen molar-refractivity contribution in [1.29, 1.82) is 0 Å². The first-order valence-electron chi connectivity index (χ1n) is 7.18. The van der Waals surface area contributed by atoms with Gasteiger partial charge in [0.05, 0.1) is 5.92 Å². The number of pyridine rings is 1. The summed E-state index contributed by atoms with van der Waals surface area (Å²) in [5.74, 6) is 1.65. The molecule has 2 heterocycles. The summed E-state index contributed by atoms with van der Waals surface area (Å²) in [7, 11) is 0. The molecule has 1 aliphatic rings. The van der Waals surface area contributed by atoms with Gasteiger partial charge in [-0.3, -0.25) is 0 Å². The second-order valence-electron chi connectivity index (χ2n) is 5.94. The lowest BCUT2D eigenvalue weighted by Crippen LogP contribution is -2.48. The summed E-state index contributed by atoms with van der Waals surface area (Å²) in [6, 6.07) is 6.32. The summed E-state index contributed by atoms with van der Waals surface area (Å²) in [6.07, 6.45) is 1.87. The van der Waals surface area contributed by atoms with E-state index in [1.54, 1.807) is 0 Å². The van der Waals surface area contributed by atoms with E-state index in [1.165, 1.54) is 16.6 Å². The van der Waals surface area contributed by atoms with Crippen LogP contribution in [0.25, 0.3) is 10.8 Å². The van der Waals surface area contributed by atoms with Crippen molar-refractivity contribution >= 4 is 39.7 Å². The molecule has 0 N–H and O–H groups in total.